The average Bonchev–Trinajstić information content (AvgIpc) is 2.13. The van der Waals surface area contributed by atoms with Gasteiger partial charge in [-0.2, -0.15) is 0 Å². The molecule has 0 saturated heterocycles. The summed E-state index contributed by atoms with van der Waals surface area (Å²) in [5, 5.41) is 0.416. The van der Waals surface area contributed by atoms with Crippen LogP contribution in [0.1, 0.15) is 12.5 Å². The van der Waals surface area contributed by atoms with Crippen molar-refractivity contribution in [1.82, 2.24) is 9.97 Å². The summed E-state index contributed by atoms with van der Waals surface area (Å²) < 4.78 is 10.5. The molecule has 0 saturated carbocycles. The minimum Gasteiger partial charge on any atom is -0.472 e. The average molecular weight is 217 g/mol. The lowest BCUT2D eigenvalue weighted by Crippen LogP contribution is -2.19. The van der Waals surface area contributed by atoms with Gasteiger partial charge in [-0.05, 0) is 13.8 Å². The van der Waals surface area contributed by atoms with Crippen LogP contribution in [-0.2, 0) is 4.74 Å². The summed E-state index contributed by atoms with van der Waals surface area (Å²) in [6.07, 6.45) is 1.33. The topological polar surface area (TPSA) is 44.2 Å². The van der Waals surface area contributed by atoms with Crippen molar-refractivity contribution in [2.24, 2.45) is 0 Å². The maximum Gasteiger partial charge on any atom is 0.221 e. The zero-order valence-electron chi connectivity index (χ0n) is 8.45. The number of halogens is 1. The molecule has 1 atom stereocenters. The molecule has 0 fully saturated rings. The third kappa shape index (κ3) is 2.82. The van der Waals surface area contributed by atoms with Crippen LogP contribution in [0.15, 0.2) is 6.33 Å². The van der Waals surface area contributed by atoms with Crippen LogP contribution in [0.2, 0.25) is 5.15 Å². The van der Waals surface area contributed by atoms with Gasteiger partial charge in [0.2, 0.25) is 5.88 Å². The Hall–Kier alpha value is -0.870. The lowest BCUT2D eigenvalue weighted by atomic mass is 10.3. The lowest BCUT2D eigenvalue weighted by molar-refractivity contribution is 0.0883. The monoisotopic (exact) mass is 216 g/mol. The number of aromatic nitrogens is 2. The highest BCUT2D eigenvalue weighted by Gasteiger charge is 2.09. The molecular weight excluding hydrogens is 204 g/mol. The van der Waals surface area contributed by atoms with Crippen molar-refractivity contribution in [1.29, 1.82) is 0 Å². The van der Waals surface area contributed by atoms with Gasteiger partial charge in [-0.15, -0.1) is 0 Å². The molecular formula is C9H13ClN2O2. The van der Waals surface area contributed by atoms with E-state index >= 15 is 0 Å². The molecule has 0 aliphatic heterocycles. The van der Waals surface area contributed by atoms with E-state index in [0.717, 1.165) is 5.56 Å². The van der Waals surface area contributed by atoms with Crippen molar-refractivity contribution in [3.8, 4) is 5.88 Å². The molecule has 1 rings (SSSR count). The molecule has 0 spiro atoms. The number of methoxy groups -OCH3 is 1. The second-order valence-electron chi connectivity index (χ2n) is 2.98. The second-order valence-corrected chi connectivity index (χ2v) is 3.34. The molecule has 1 aromatic rings. The van der Waals surface area contributed by atoms with Crippen molar-refractivity contribution in [2.75, 3.05) is 13.7 Å². The van der Waals surface area contributed by atoms with Crippen molar-refractivity contribution < 1.29 is 9.47 Å². The maximum absolute atomic E-state index is 5.81. The number of hydrogen-bond acceptors (Lipinski definition) is 4. The van der Waals surface area contributed by atoms with Gasteiger partial charge in [0.15, 0.2) is 0 Å². The molecule has 0 aliphatic rings. The number of nitrogens with zero attached hydrogens (tertiary/aromatic N) is 2. The summed E-state index contributed by atoms with van der Waals surface area (Å²) >= 11 is 5.81. The van der Waals surface area contributed by atoms with Crippen LogP contribution in [0.4, 0.5) is 0 Å². The minimum atomic E-state index is -0.0512. The quantitative estimate of drug-likeness (QED) is 0.721. The van der Waals surface area contributed by atoms with Crippen molar-refractivity contribution >= 4 is 11.6 Å². The highest BCUT2D eigenvalue weighted by atomic mass is 35.5. The highest BCUT2D eigenvalue weighted by molar-refractivity contribution is 6.30. The molecule has 4 nitrogen and oxygen atoms in total. The second kappa shape index (κ2) is 5.12. The first kappa shape index (κ1) is 11.2. The summed E-state index contributed by atoms with van der Waals surface area (Å²) in [6.45, 7) is 4.23. The van der Waals surface area contributed by atoms with Crippen molar-refractivity contribution in [3.05, 3.63) is 17.0 Å². The maximum atomic E-state index is 5.81. The summed E-state index contributed by atoms with van der Waals surface area (Å²) in [6, 6.07) is 0. The van der Waals surface area contributed by atoms with Crippen LogP contribution < -0.4 is 4.74 Å². The third-order valence-corrected chi connectivity index (χ3v) is 2.07. The van der Waals surface area contributed by atoms with E-state index in [1.165, 1.54) is 6.33 Å². The molecule has 0 bridgehead atoms. The molecule has 0 radical (unpaired) electrons. The van der Waals surface area contributed by atoms with Crippen LogP contribution in [0.3, 0.4) is 0 Å². The fourth-order valence-corrected chi connectivity index (χ4v) is 1.12. The Balaban J connectivity index is 2.71. The largest absolute Gasteiger partial charge is 0.472 e. The van der Waals surface area contributed by atoms with E-state index in [9.17, 15) is 0 Å². The van der Waals surface area contributed by atoms with Gasteiger partial charge in [0, 0.05) is 12.7 Å². The van der Waals surface area contributed by atoms with E-state index in [1.807, 2.05) is 13.8 Å². The molecule has 0 aliphatic carbocycles. The van der Waals surface area contributed by atoms with Crippen LogP contribution in [-0.4, -0.2) is 29.8 Å². The van der Waals surface area contributed by atoms with Gasteiger partial charge in [0.25, 0.3) is 0 Å². The number of hydrogen-bond donors (Lipinski definition) is 0. The fraction of sp³-hybridized carbons (Fsp3) is 0.556. The van der Waals surface area contributed by atoms with Crippen molar-refractivity contribution in [3.63, 3.8) is 0 Å². The van der Waals surface area contributed by atoms with Crippen LogP contribution in [0, 0.1) is 6.92 Å². The zero-order chi connectivity index (χ0) is 10.6. The lowest BCUT2D eigenvalue weighted by Gasteiger charge is -2.14. The smallest absolute Gasteiger partial charge is 0.221 e. The Kier molecular flexibility index (Phi) is 4.10. The molecule has 1 heterocycles. The van der Waals surface area contributed by atoms with Gasteiger partial charge in [-0.3, -0.25) is 0 Å². The predicted octanol–water partition coefficient (Wildman–Crippen LogP) is 1.85. The molecule has 0 N–H and O–H groups in total. The standard InChI is InChI=1S/C9H13ClN2O2/c1-6(4-13-3)14-9-7(2)8(10)11-5-12-9/h5-6H,4H2,1-3H3. The van der Waals surface area contributed by atoms with Crippen LogP contribution in [0.25, 0.3) is 0 Å². The van der Waals surface area contributed by atoms with Gasteiger partial charge in [-0.25, -0.2) is 9.97 Å². The first-order valence-electron chi connectivity index (χ1n) is 4.27. The van der Waals surface area contributed by atoms with Gasteiger partial charge in [0.05, 0.1) is 6.61 Å². The zero-order valence-corrected chi connectivity index (χ0v) is 9.21. The fourth-order valence-electron chi connectivity index (χ4n) is 0.992. The van der Waals surface area contributed by atoms with E-state index < -0.39 is 0 Å². The molecule has 0 aromatic carbocycles. The van der Waals surface area contributed by atoms with E-state index in [2.05, 4.69) is 9.97 Å². The SMILES string of the molecule is COCC(C)Oc1ncnc(Cl)c1C. The number of rotatable bonds is 4. The Morgan fingerprint density at radius 1 is 1.50 bits per heavy atom. The van der Waals surface area contributed by atoms with E-state index in [1.54, 1.807) is 7.11 Å². The summed E-state index contributed by atoms with van der Waals surface area (Å²) in [5.41, 5.74) is 0.747. The van der Waals surface area contributed by atoms with Gasteiger partial charge < -0.3 is 9.47 Å². The molecule has 1 unspecified atom stereocenters. The third-order valence-electron chi connectivity index (χ3n) is 1.69. The Morgan fingerprint density at radius 3 is 2.86 bits per heavy atom. The van der Waals surface area contributed by atoms with Gasteiger partial charge in [-0.1, -0.05) is 11.6 Å². The Morgan fingerprint density at radius 2 is 2.21 bits per heavy atom. The Labute approximate surface area is 88.2 Å². The van der Waals surface area contributed by atoms with Crippen LogP contribution in [0.5, 0.6) is 5.88 Å². The van der Waals surface area contributed by atoms with Crippen LogP contribution >= 0.6 is 11.6 Å². The summed E-state index contributed by atoms with van der Waals surface area (Å²) in [7, 11) is 1.62. The minimum absolute atomic E-state index is 0.0512. The summed E-state index contributed by atoms with van der Waals surface area (Å²) in [5.74, 6) is 0.509. The van der Waals surface area contributed by atoms with E-state index in [4.69, 9.17) is 21.1 Å². The Bertz CT molecular complexity index is 307. The van der Waals surface area contributed by atoms with Crippen molar-refractivity contribution in [2.45, 2.75) is 20.0 Å². The normalized spacial score (nSPS) is 12.6. The molecule has 0 amide bonds. The van der Waals surface area contributed by atoms with E-state index in [0.29, 0.717) is 17.6 Å². The highest BCUT2D eigenvalue weighted by Crippen LogP contribution is 2.20. The van der Waals surface area contributed by atoms with Gasteiger partial charge >= 0.3 is 0 Å². The molecule has 5 heteroatoms. The predicted molar refractivity (Wildman–Crippen MR) is 53.7 cm³/mol. The first-order chi connectivity index (χ1) is 6.65. The molecule has 1 aromatic heterocycles. The first-order valence-corrected chi connectivity index (χ1v) is 4.65. The van der Waals surface area contributed by atoms with Gasteiger partial charge in [0.1, 0.15) is 17.6 Å². The molecule has 78 valence electrons. The number of ether oxygens (including phenoxy) is 2. The van der Waals surface area contributed by atoms with E-state index in [-0.39, 0.29) is 6.10 Å². The summed E-state index contributed by atoms with van der Waals surface area (Å²) in [4.78, 5) is 7.82. The molecule has 14 heavy (non-hydrogen) atoms.